The smallest absolute Gasteiger partial charge is 0.185 e. The molecule has 0 radical (unpaired) electrons. The van der Waals surface area contributed by atoms with Crippen LogP contribution in [0.4, 0.5) is 5.13 Å². The lowest BCUT2D eigenvalue weighted by molar-refractivity contribution is 0.395. The Balaban J connectivity index is 1.88. The summed E-state index contributed by atoms with van der Waals surface area (Å²) < 4.78 is 10.7. The number of rotatable bonds is 4. The maximum absolute atomic E-state index is 5.46. The molecule has 1 saturated heterocycles. The third-order valence-corrected chi connectivity index (χ3v) is 4.47. The van der Waals surface area contributed by atoms with E-state index in [-0.39, 0.29) is 0 Å². The lowest BCUT2D eigenvalue weighted by Gasteiger charge is -2.26. The van der Waals surface area contributed by atoms with Crippen LogP contribution in [0.3, 0.4) is 0 Å². The Morgan fingerprint density at radius 2 is 2.00 bits per heavy atom. The Bertz CT molecular complexity index is 609. The minimum atomic E-state index is 0.784. The second-order valence-electron chi connectivity index (χ2n) is 4.82. The van der Waals surface area contributed by atoms with Gasteiger partial charge in [0.25, 0.3) is 0 Å². The Hall–Kier alpha value is -1.79. The highest BCUT2D eigenvalue weighted by Gasteiger charge is 2.16. The Morgan fingerprint density at radius 1 is 1.19 bits per heavy atom. The standard InChI is InChI=1S/C15H19N3O2S/c1-19-11-3-4-12(14(9-11)20-2)13-10-21-15(17-13)18-7-5-16-6-8-18/h3-4,9-10,16H,5-8H2,1-2H3. The van der Waals surface area contributed by atoms with Crippen molar-refractivity contribution >= 4 is 16.5 Å². The van der Waals surface area contributed by atoms with E-state index >= 15 is 0 Å². The van der Waals surface area contributed by atoms with E-state index in [0.29, 0.717) is 0 Å². The van der Waals surface area contributed by atoms with E-state index < -0.39 is 0 Å². The highest BCUT2D eigenvalue weighted by Crippen LogP contribution is 2.35. The number of hydrogen-bond acceptors (Lipinski definition) is 6. The summed E-state index contributed by atoms with van der Waals surface area (Å²) in [5, 5.41) is 6.51. The fourth-order valence-corrected chi connectivity index (χ4v) is 3.28. The van der Waals surface area contributed by atoms with Crippen molar-refractivity contribution in [3.05, 3.63) is 23.6 Å². The van der Waals surface area contributed by atoms with Gasteiger partial charge in [-0.3, -0.25) is 0 Å². The normalized spacial score (nSPS) is 15.0. The summed E-state index contributed by atoms with van der Waals surface area (Å²) in [6.07, 6.45) is 0. The zero-order chi connectivity index (χ0) is 14.7. The van der Waals surface area contributed by atoms with Crippen molar-refractivity contribution in [3.63, 3.8) is 0 Å². The minimum absolute atomic E-state index is 0.784. The van der Waals surface area contributed by atoms with Crippen LogP contribution in [0.1, 0.15) is 0 Å². The second kappa shape index (κ2) is 6.32. The molecule has 2 aromatic rings. The highest BCUT2D eigenvalue weighted by molar-refractivity contribution is 7.14. The molecule has 1 aromatic heterocycles. The van der Waals surface area contributed by atoms with E-state index in [2.05, 4.69) is 15.6 Å². The van der Waals surface area contributed by atoms with Gasteiger partial charge < -0.3 is 19.7 Å². The molecule has 0 atom stereocenters. The van der Waals surface area contributed by atoms with Crippen molar-refractivity contribution in [2.24, 2.45) is 0 Å². The van der Waals surface area contributed by atoms with Crippen LogP contribution in [-0.4, -0.2) is 45.4 Å². The highest BCUT2D eigenvalue weighted by atomic mass is 32.1. The lowest BCUT2D eigenvalue weighted by Crippen LogP contribution is -2.43. The molecule has 6 heteroatoms. The number of hydrogen-bond donors (Lipinski definition) is 1. The number of aromatic nitrogens is 1. The summed E-state index contributed by atoms with van der Waals surface area (Å²) in [7, 11) is 3.32. The number of ether oxygens (including phenoxy) is 2. The third kappa shape index (κ3) is 2.96. The molecular formula is C15H19N3O2S. The molecule has 1 aromatic carbocycles. The predicted octanol–water partition coefficient (Wildman–Crippen LogP) is 2.24. The summed E-state index contributed by atoms with van der Waals surface area (Å²) in [5.74, 6) is 1.57. The molecule has 0 aliphatic carbocycles. The van der Waals surface area contributed by atoms with Gasteiger partial charge in [0.1, 0.15) is 11.5 Å². The number of nitrogens with zero attached hydrogens (tertiary/aromatic N) is 2. The van der Waals surface area contributed by atoms with Gasteiger partial charge in [-0.1, -0.05) is 0 Å². The van der Waals surface area contributed by atoms with Gasteiger partial charge in [-0.2, -0.15) is 0 Å². The molecule has 3 rings (SSSR count). The second-order valence-corrected chi connectivity index (χ2v) is 5.66. The van der Waals surface area contributed by atoms with Gasteiger partial charge in [-0.15, -0.1) is 11.3 Å². The largest absolute Gasteiger partial charge is 0.497 e. The van der Waals surface area contributed by atoms with Crippen LogP contribution in [0.2, 0.25) is 0 Å². The van der Waals surface area contributed by atoms with Crippen molar-refractivity contribution < 1.29 is 9.47 Å². The molecule has 0 bridgehead atoms. The van der Waals surface area contributed by atoms with Crippen LogP contribution in [0.15, 0.2) is 23.6 Å². The Kier molecular flexibility index (Phi) is 4.26. The summed E-state index contributed by atoms with van der Waals surface area (Å²) in [5.41, 5.74) is 1.95. The van der Waals surface area contributed by atoms with Crippen LogP contribution in [0, 0.1) is 0 Å². The molecular weight excluding hydrogens is 286 g/mol. The first-order chi connectivity index (χ1) is 10.3. The van der Waals surface area contributed by atoms with E-state index in [1.54, 1.807) is 25.6 Å². The van der Waals surface area contributed by atoms with Crippen LogP contribution < -0.4 is 19.7 Å². The van der Waals surface area contributed by atoms with Crippen LogP contribution in [-0.2, 0) is 0 Å². The molecule has 112 valence electrons. The zero-order valence-corrected chi connectivity index (χ0v) is 13.1. The number of thiazole rings is 1. The average molecular weight is 305 g/mol. The van der Waals surface area contributed by atoms with Gasteiger partial charge >= 0.3 is 0 Å². The molecule has 0 amide bonds. The fraction of sp³-hybridized carbons (Fsp3) is 0.400. The minimum Gasteiger partial charge on any atom is -0.497 e. The first-order valence-corrected chi connectivity index (χ1v) is 7.83. The molecule has 1 N–H and O–H groups in total. The first-order valence-electron chi connectivity index (χ1n) is 6.95. The topological polar surface area (TPSA) is 46.6 Å². The third-order valence-electron chi connectivity index (χ3n) is 3.56. The van der Waals surface area contributed by atoms with Crippen LogP contribution in [0.5, 0.6) is 11.5 Å². The molecule has 0 spiro atoms. The molecule has 21 heavy (non-hydrogen) atoms. The molecule has 1 aliphatic heterocycles. The average Bonchev–Trinajstić information content (AvgIpc) is 3.04. The monoisotopic (exact) mass is 305 g/mol. The van der Waals surface area contributed by atoms with Gasteiger partial charge in [0.15, 0.2) is 5.13 Å². The SMILES string of the molecule is COc1ccc(-c2csc(N3CCNCC3)n2)c(OC)c1. The van der Waals surface area contributed by atoms with Crippen molar-refractivity contribution in [1.29, 1.82) is 0 Å². The number of anilines is 1. The molecule has 1 aliphatic rings. The van der Waals surface area contributed by atoms with Gasteiger partial charge in [-0.25, -0.2) is 4.98 Å². The van der Waals surface area contributed by atoms with Crippen molar-refractivity contribution in [1.82, 2.24) is 10.3 Å². The Morgan fingerprint density at radius 3 is 2.71 bits per heavy atom. The summed E-state index contributed by atoms with van der Waals surface area (Å²) >= 11 is 1.68. The van der Waals surface area contributed by atoms with E-state index in [4.69, 9.17) is 14.5 Å². The van der Waals surface area contributed by atoms with Gasteiger partial charge in [0, 0.05) is 43.2 Å². The number of nitrogens with one attached hydrogen (secondary N) is 1. The van der Waals surface area contributed by atoms with E-state index in [0.717, 1.165) is 54.1 Å². The predicted molar refractivity (Wildman–Crippen MR) is 85.7 cm³/mol. The molecule has 1 fully saturated rings. The van der Waals surface area contributed by atoms with Crippen molar-refractivity contribution in [2.75, 3.05) is 45.3 Å². The van der Waals surface area contributed by atoms with Gasteiger partial charge in [0.2, 0.25) is 0 Å². The maximum atomic E-state index is 5.46. The molecule has 5 nitrogen and oxygen atoms in total. The van der Waals surface area contributed by atoms with Crippen LogP contribution >= 0.6 is 11.3 Å². The van der Waals surface area contributed by atoms with E-state index in [1.165, 1.54) is 0 Å². The van der Waals surface area contributed by atoms with E-state index in [1.807, 2.05) is 18.2 Å². The van der Waals surface area contributed by atoms with Gasteiger partial charge in [-0.05, 0) is 12.1 Å². The van der Waals surface area contributed by atoms with Crippen molar-refractivity contribution in [3.8, 4) is 22.8 Å². The molecule has 0 saturated carbocycles. The van der Waals surface area contributed by atoms with Crippen LogP contribution in [0.25, 0.3) is 11.3 Å². The lowest BCUT2D eigenvalue weighted by atomic mass is 10.1. The first kappa shape index (κ1) is 14.2. The van der Waals surface area contributed by atoms with E-state index in [9.17, 15) is 0 Å². The fourth-order valence-electron chi connectivity index (χ4n) is 2.40. The zero-order valence-electron chi connectivity index (χ0n) is 12.3. The molecule has 2 heterocycles. The quantitative estimate of drug-likeness (QED) is 0.938. The Labute approximate surface area is 128 Å². The number of benzene rings is 1. The number of methoxy groups -OCH3 is 2. The summed E-state index contributed by atoms with van der Waals surface area (Å²) in [6.45, 7) is 4.04. The maximum Gasteiger partial charge on any atom is 0.185 e. The van der Waals surface area contributed by atoms with Gasteiger partial charge in [0.05, 0.1) is 19.9 Å². The summed E-state index contributed by atoms with van der Waals surface area (Å²) in [4.78, 5) is 7.08. The molecule has 0 unspecified atom stereocenters. The number of piperazine rings is 1. The summed E-state index contributed by atoms with van der Waals surface area (Å²) in [6, 6.07) is 5.81. The van der Waals surface area contributed by atoms with Crippen molar-refractivity contribution in [2.45, 2.75) is 0 Å².